The Kier molecular flexibility index (Phi) is 6.58. The lowest BCUT2D eigenvalue weighted by molar-refractivity contribution is -0.117. The van der Waals surface area contributed by atoms with Gasteiger partial charge in [-0.1, -0.05) is 30.3 Å². The molecule has 2 aliphatic carbocycles. The van der Waals surface area contributed by atoms with Gasteiger partial charge in [-0.3, -0.25) is 14.7 Å². The van der Waals surface area contributed by atoms with Gasteiger partial charge in [-0.25, -0.2) is 4.79 Å². The van der Waals surface area contributed by atoms with Crippen molar-refractivity contribution in [1.82, 2.24) is 25.4 Å². The Morgan fingerprint density at radius 2 is 2.27 bits per heavy atom. The van der Waals surface area contributed by atoms with Crippen LogP contribution >= 0.6 is 23.1 Å². The minimum atomic E-state index is -0.517. The van der Waals surface area contributed by atoms with Crippen LogP contribution in [0.15, 0.2) is 35.3 Å². The number of thiophene rings is 1. The van der Waals surface area contributed by atoms with E-state index in [1.54, 1.807) is 17.4 Å². The van der Waals surface area contributed by atoms with Crippen LogP contribution in [0, 0.1) is 17.8 Å². The highest BCUT2D eigenvalue weighted by atomic mass is 32.2. The number of hydrogen-bond acceptors (Lipinski definition) is 6. The van der Waals surface area contributed by atoms with Crippen molar-refractivity contribution in [3.8, 4) is 10.7 Å². The van der Waals surface area contributed by atoms with Crippen molar-refractivity contribution in [3.05, 3.63) is 30.2 Å². The van der Waals surface area contributed by atoms with Crippen LogP contribution in [0.5, 0.6) is 0 Å². The fourth-order valence-electron chi connectivity index (χ4n) is 4.89. The van der Waals surface area contributed by atoms with Crippen LogP contribution in [0.3, 0.4) is 0 Å². The molecule has 0 aliphatic heterocycles. The number of hydrogen-bond donors (Lipinski definition) is 2. The molecule has 2 bridgehead atoms. The quantitative estimate of drug-likeness (QED) is 0.472. The van der Waals surface area contributed by atoms with Gasteiger partial charge < -0.3 is 5.32 Å². The van der Waals surface area contributed by atoms with Gasteiger partial charge in [0.25, 0.3) is 0 Å². The SMILES string of the molecule is C=CCNC(=O)NC(=O)CSc1nnc(-c2cccs2)n1C(C)C1CC2CCC1C2. The van der Waals surface area contributed by atoms with Crippen molar-refractivity contribution in [1.29, 1.82) is 0 Å². The molecule has 2 aromatic rings. The Balaban J connectivity index is 1.49. The molecule has 2 aliphatic rings. The van der Waals surface area contributed by atoms with Gasteiger partial charge in [0.1, 0.15) is 0 Å². The molecule has 0 saturated heterocycles. The number of carbonyl (C=O) groups is 2. The van der Waals surface area contributed by atoms with Gasteiger partial charge in [0, 0.05) is 12.6 Å². The summed E-state index contributed by atoms with van der Waals surface area (Å²) < 4.78 is 2.22. The first-order chi connectivity index (χ1) is 14.6. The van der Waals surface area contributed by atoms with E-state index in [0.717, 1.165) is 27.7 Å². The van der Waals surface area contributed by atoms with Gasteiger partial charge in [-0.15, -0.1) is 28.1 Å². The van der Waals surface area contributed by atoms with E-state index in [4.69, 9.17) is 0 Å². The summed E-state index contributed by atoms with van der Waals surface area (Å²) in [7, 11) is 0. The summed E-state index contributed by atoms with van der Waals surface area (Å²) in [4.78, 5) is 24.9. The molecular weight excluding hydrogens is 418 g/mol. The van der Waals surface area contributed by atoms with E-state index >= 15 is 0 Å². The number of nitrogens with one attached hydrogen (secondary N) is 2. The number of amides is 3. The third-order valence-electron chi connectivity index (χ3n) is 6.22. The fourth-order valence-corrected chi connectivity index (χ4v) is 6.42. The van der Waals surface area contributed by atoms with Crippen LogP contribution in [-0.4, -0.2) is 39.0 Å². The Labute approximate surface area is 184 Å². The first kappa shape index (κ1) is 21.1. The maximum absolute atomic E-state index is 12.2. The molecular formula is C21H27N5O2S2. The molecule has 30 heavy (non-hydrogen) atoms. The predicted octanol–water partition coefficient (Wildman–Crippen LogP) is 4.11. The average Bonchev–Trinajstić information content (AvgIpc) is 3.53. The lowest BCUT2D eigenvalue weighted by atomic mass is 9.84. The second kappa shape index (κ2) is 9.34. The fraction of sp³-hybridized carbons (Fsp3) is 0.524. The van der Waals surface area contributed by atoms with Crippen molar-refractivity contribution in [2.75, 3.05) is 12.3 Å². The minimum absolute atomic E-state index is 0.105. The molecule has 2 saturated carbocycles. The topological polar surface area (TPSA) is 88.9 Å². The van der Waals surface area contributed by atoms with E-state index in [1.807, 2.05) is 11.4 Å². The molecule has 160 valence electrons. The van der Waals surface area contributed by atoms with Crippen LogP contribution in [0.1, 0.15) is 38.6 Å². The summed E-state index contributed by atoms with van der Waals surface area (Å²) in [6.45, 7) is 6.11. The summed E-state index contributed by atoms with van der Waals surface area (Å²) >= 11 is 2.97. The van der Waals surface area contributed by atoms with Crippen LogP contribution in [-0.2, 0) is 4.79 Å². The first-order valence-electron chi connectivity index (χ1n) is 10.4. The van der Waals surface area contributed by atoms with Crippen LogP contribution in [0.2, 0.25) is 0 Å². The van der Waals surface area contributed by atoms with Crippen LogP contribution in [0.25, 0.3) is 10.7 Å². The number of rotatable bonds is 8. The summed E-state index contributed by atoms with van der Waals surface area (Å²) in [6, 6.07) is 3.83. The molecule has 2 fully saturated rings. The van der Waals surface area contributed by atoms with Gasteiger partial charge in [-0.2, -0.15) is 0 Å². The molecule has 0 spiro atoms. The van der Waals surface area contributed by atoms with Gasteiger partial charge >= 0.3 is 6.03 Å². The summed E-state index contributed by atoms with van der Waals surface area (Å²) in [5.41, 5.74) is 0. The number of fused-ring (bicyclic) bond motifs is 2. The highest BCUT2D eigenvalue weighted by Gasteiger charge is 2.43. The van der Waals surface area contributed by atoms with Gasteiger partial charge in [-0.05, 0) is 55.4 Å². The van der Waals surface area contributed by atoms with Crippen LogP contribution in [0.4, 0.5) is 4.79 Å². The molecule has 7 nitrogen and oxygen atoms in total. The Morgan fingerprint density at radius 3 is 2.93 bits per heavy atom. The predicted molar refractivity (Wildman–Crippen MR) is 119 cm³/mol. The largest absolute Gasteiger partial charge is 0.334 e. The van der Waals surface area contributed by atoms with E-state index in [2.05, 4.69) is 45.0 Å². The number of carbonyl (C=O) groups excluding carboxylic acids is 2. The highest BCUT2D eigenvalue weighted by molar-refractivity contribution is 7.99. The normalized spacial score (nSPS) is 23.3. The minimum Gasteiger partial charge on any atom is -0.334 e. The first-order valence-corrected chi connectivity index (χ1v) is 12.2. The Bertz CT molecular complexity index is 911. The molecule has 0 radical (unpaired) electrons. The summed E-state index contributed by atoms with van der Waals surface area (Å²) in [6.07, 6.45) is 6.85. The summed E-state index contributed by atoms with van der Waals surface area (Å²) in [5, 5.41) is 16.5. The van der Waals surface area contributed by atoms with E-state index in [-0.39, 0.29) is 17.7 Å². The molecule has 2 heterocycles. The van der Waals surface area contributed by atoms with Crippen molar-refractivity contribution in [2.24, 2.45) is 17.8 Å². The number of thioether (sulfide) groups is 1. The lowest BCUT2D eigenvalue weighted by Gasteiger charge is -2.30. The van der Waals surface area contributed by atoms with E-state index in [0.29, 0.717) is 12.5 Å². The van der Waals surface area contributed by atoms with Crippen molar-refractivity contribution in [3.63, 3.8) is 0 Å². The van der Waals surface area contributed by atoms with Crippen molar-refractivity contribution in [2.45, 2.75) is 43.8 Å². The van der Waals surface area contributed by atoms with Gasteiger partial charge in [0.05, 0.1) is 10.6 Å². The third-order valence-corrected chi connectivity index (χ3v) is 8.03. The maximum atomic E-state index is 12.2. The molecule has 3 amide bonds. The third kappa shape index (κ3) is 4.46. The maximum Gasteiger partial charge on any atom is 0.321 e. The smallest absolute Gasteiger partial charge is 0.321 e. The molecule has 9 heteroatoms. The zero-order chi connectivity index (χ0) is 21.1. The Hall–Kier alpha value is -2.13. The zero-order valence-corrected chi connectivity index (χ0v) is 18.7. The highest BCUT2D eigenvalue weighted by Crippen LogP contribution is 2.53. The Morgan fingerprint density at radius 1 is 1.40 bits per heavy atom. The molecule has 2 aromatic heterocycles. The average molecular weight is 446 g/mol. The van der Waals surface area contributed by atoms with E-state index < -0.39 is 6.03 Å². The van der Waals surface area contributed by atoms with E-state index in [9.17, 15) is 9.59 Å². The second-order valence-electron chi connectivity index (χ2n) is 8.07. The number of aromatic nitrogens is 3. The molecule has 4 rings (SSSR count). The number of imide groups is 1. The molecule has 4 unspecified atom stereocenters. The van der Waals surface area contributed by atoms with Crippen LogP contribution < -0.4 is 10.6 Å². The monoisotopic (exact) mass is 445 g/mol. The number of urea groups is 1. The summed E-state index contributed by atoms with van der Waals surface area (Å²) in [5.74, 6) is 2.87. The van der Waals surface area contributed by atoms with Gasteiger partial charge in [0.2, 0.25) is 5.91 Å². The second-order valence-corrected chi connectivity index (χ2v) is 9.96. The van der Waals surface area contributed by atoms with E-state index in [1.165, 1.54) is 37.4 Å². The molecule has 4 atom stereocenters. The van der Waals surface area contributed by atoms with Crippen molar-refractivity contribution >= 4 is 35.0 Å². The molecule has 0 aromatic carbocycles. The lowest BCUT2D eigenvalue weighted by Crippen LogP contribution is -2.40. The zero-order valence-electron chi connectivity index (χ0n) is 17.0. The van der Waals surface area contributed by atoms with Gasteiger partial charge in [0.15, 0.2) is 11.0 Å². The van der Waals surface area contributed by atoms with Crippen molar-refractivity contribution < 1.29 is 9.59 Å². The number of nitrogens with zero attached hydrogens (tertiary/aromatic N) is 3. The molecule has 2 N–H and O–H groups in total. The standard InChI is InChI=1S/C21H27N5O2S2/c1-3-8-22-20(28)23-18(27)12-30-21-25-24-19(17-5-4-9-29-17)26(21)13(2)16-11-14-6-7-15(16)10-14/h3-5,9,13-16H,1,6-8,10-12H2,2H3,(H2,22,23,27,28).